The quantitative estimate of drug-likeness (QED) is 0.721. The van der Waals surface area contributed by atoms with Gasteiger partial charge in [0.25, 0.3) is 5.89 Å². The molecule has 0 N–H and O–H groups in total. The summed E-state index contributed by atoms with van der Waals surface area (Å²) < 4.78 is 6.79. The minimum absolute atomic E-state index is 0.399. The molecular formula is C11H8ClN5O. The molecule has 90 valence electrons. The molecule has 0 aliphatic carbocycles. The van der Waals surface area contributed by atoms with Gasteiger partial charge in [-0.3, -0.25) is 0 Å². The fourth-order valence-corrected chi connectivity index (χ4v) is 1.74. The van der Waals surface area contributed by atoms with Crippen molar-refractivity contribution in [2.45, 2.75) is 6.54 Å². The third-order valence-electron chi connectivity index (χ3n) is 2.34. The summed E-state index contributed by atoms with van der Waals surface area (Å²) in [6.07, 6.45) is 3.04. The van der Waals surface area contributed by atoms with Crippen LogP contribution in [0.2, 0.25) is 5.02 Å². The SMILES string of the molecule is Clc1ccccc1-c1nc(Cn2cncn2)no1. The van der Waals surface area contributed by atoms with E-state index in [1.54, 1.807) is 17.1 Å². The lowest BCUT2D eigenvalue weighted by Gasteiger charge is -1.96. The average molecular weight is 262 g/mol. The molecule has 0 amide bonds. The molecule has 2 heterocycles. The van der Waals surface area contributed by atoms with Gasteiger partial charge in [-0.15, -0.1) is 0 Å². The lowest BCUT2D eigenvalue weighted by atomic mass is 10.2. The number of halogens is 1. The van der Waals surface area contributed by atoms with Crippen LogP contribution in [0, 0.1) is 0 Å². The van der Waals surface area contributed by atoms with Crippen LogP contribution in [0.4, 0.5) is 0 Å². The molecule has 0 saturated carbocycles. The van der Waals surface area contributed by atoms with Crippen molar-refractivity contribution in [1.82, 2.24) is 24.9 Å². The Hall–Kier alpha value is -2.21. The maximum absolute atomic E-state index is 6.06. The second-order valence-electron chi connectivity index (χ2n) is 3.59. The van der Waals surface area contributed by atoms with Crippen LogP contribution in [-0.4, -0.2) is 24.9 Å². The van der Waals surface area contributed by atoms with Gasteiger partial charge in [0, 0.05) is 0 Å². The van der Waals surface area contributed by atoms with Gasteiger partial charge in [-0.2, -0.15) is 10.1 Å². The maximum Gasteiger partial charge on any atom is 0.259 e. The number of hydrogen-bond acceptors (Lipinski definition) is 5. The Bertz CT molecular complexity index is 649. The molecule has 0 unspecified atom stereocenters. The van der Waals surface area contributed by atoms with E-state index >= 15 is 0 Å². The Kier molecular flexibility index (Phi) is 2.77. The fourth-order valence-electron chi connectivity index (χ4n) is 1.52. The Balaban J connectivity index is 1.88. The highest BCUT2D eigenvalue weighted by atomic mass is 35.5. The van der Waals surface area contributed by atoms with E-state index in [1.807, 2.05) is 18.2 Å². The van der Waals surface area contributed by atoms with Crippen molar-refractivity contribution in [2.75, 3.05) is 0 Å². The molecule has 6 nitrogen and oxygen atoms in total. The first-order valence-corrected chi connectivity index (χ1v) is 5.60. The van der Waals surface area contributed by atoms with E-state index in [1.165, 1.54) is 6.33 Å². The summed E-state index contributed by atoms with van der Waals surface area (Å²) in [5, 5.41) is 8.42. The van der Waals surface area contributed by atoms with Crippen LogP contribution in [0.1, 0.15) is 5.82 Å². The van der Waals surface area contributed by atoms with Crippen molar-refractivity contribution in [3.05, 3.63) is 47.8 Å². The molecule has 3 rings (SSSR count). The third-order valence-corrected chi connectivity index (χ3v) is 2.67. The third kappa shape index (κ3) is 2.10. The zero-order valence-electron chi connectivity index (χ0n) is 9.19. The average Bonchev–Trinajstić information content (AvgIpc) is 3.02. The van der Waals surface area contributed by atoms with Crippen LogP contribution in [0.3, 0.4) is 0 Å². The van der Waals surface area contributed by atoms with Gasteiger partial charge in [-0.25, -0.2) is 9.67 Å². The lowest BCUT2D eigenvalue weighted by molar-refractivity contribution is 0.419. The van der Waals surface area contributed by atoms with E-state index in [0.717, 1.165) is 5.56 Å². The molecule has 0 fully saturated rings. The fraction of sp³-hybridized carbons (Fsp3) is 0.0909. The highest BCUT2D eigenvalue weighted by Gasteiger charge is 2.11. The zero-order valence-corrected chi connectivity index (χ0v) is 9.95. The van der Waals surface area contributed by atoms with E-state index in [0.29, 0.717) is 23.3 Å². The predicted octanol–water partition coefficient (Wildman–Crippen LogP) is 2.03. The molecule has 1 aromatic carbocycles. The van der Waals surface area contributed by atoms with Crippen LogP contribution in [0.5, 0.6) is 0 Å². The van der Waals surface area contributed by atoms with Gasteiger partial charge in [0.05, 0.1) is 10.6 Å². The number of nitrogens with zero attached hydrogens (tertiary/aromatic N) is 5. The van der Waals surface area contributed by atoms with E-state index < -0.39 is 0 Å². The number of hydrogen-bond donors (Lipinski definition) is 0. The maximum atomic E-state index is 6.06. The van der Waals surface area contributed by atoms with Crippen LogP contribution < -0.4 is 0 Å². The molecule has 2 aromatic heterocycles. The van der Waals surface area contributed by atoms with Crippen LogP contribution in [-0.2, 0) is 6.54 Å². The van der Waals surface area contributed by atoms with E-state index in [4.69, 9.17) is 16.1 Å². The van der Waals surface area contributed by atoms with E-state index in [2.05, 4.69) is 20.2 Å². The molecule has 7 heteroatoms. The standard InChI is InChI=1S/C11H8ClN5O/c12-9-4-2-1-3-8(9)11-15-10(16-18-11)5-17-7-13-6-14-17/h1-4,6-7H,5H2. The monoisotopic (exact) mass is 261 g/mol. The van der Waals surface area contributed by atoms with Crippen molar-refractivity contribution >= 4 is 11.6 Å². The van der Waals surface area contributed by atoms with Gasteiger partial charge in [-0.1, -0.05) is 28.9 Å². The Morgan fingerprint density at radius 2 is 2.17 bits per heavy atom. The smallest absolute Gasteiger partial charge is 0.259 e. The van der Waals surface area contributed by atoms with E-state index in [9.17, 15) is 0 Å². The summed E-state index contributed by atoms with van der Waals surface area (Å²) in [5.41, 5.74) is 0.719. The Morgan fingerprint density at radius 3 is 2.94 bits per heavy atom. The normalized spacial score (nSPS) is 10.7. The highest BCUT2D eigenvalue weighted by molar-refractivity contribution is 6.33. The lowest BCUT2D eigenvalue weighted by Crippen LogP contribution is -2.01. The van der Waals surface area contributed by atoms with Gasteiger partial charge in [0.2, 0.25) is 0 Å². The van der Waals surface area contributed by atoms with Crippen molar-refractivity contribution in [2.24, 2.45) is 0 Å². The molecule has 0 aliphatic heterocycles. The summed E-state index contributed by atoms with van der Waals surface area (Å²) >= 11 is 6.06. The Morgan fingerprint density at radius 1 is 1.28 bits per heavy atom. The van der Waals surface area contributed by atoms with Gasteiger partial charge in [0.1, 0.15) is 19.2 Å². The number of benzene rings is 1. The molecule has 0 radical (unpaired) electrons. The summed E-state index contributed by atoms with van der Waals surface area (Å²) in [4.78, 5) is 8.11. The summed E-state index contributed by atoms with van der Waals surface area (Å²) in [5.74, 6) is 0.922. The first-order valence-electron chi connectivity index (χ1n) is 5.23. The van der Waals surface area contributed by atoms with E-state index in [-0.39, 0.29) is 0 Å². The van der Waals surface area contributed by atoms with Crippen molar-refractivity contribution in [1.29, 1.82) is 0 Å². The summed E-state index contributed by atoms with van der Waals surface area (Å²) in [6, 6.07) is 7.31. The van der Waals surface area contributed by atoms with Gasteiger partial charge < -0.3 is 4.52 Å². The van der Waals surface area contributed by atoms with Crippen molar-refractivity contribution in [3.63, 3.8) is 0 Å². The van der Waals surface area contributed by atoms with Crippen molar-refractivity contribution in [3.8, 4) is 11.5 Å². The molecule has 18 heavy (non-hydrogen) atoms. The van der Waals surface area contributed by atoms with Crippen LogP contribution >= 0.6 is 11.6 Å². The molecular weight excluding hydrogens is 254 g/mol. The topological polar surface area (TPSA) is 69.6 Å². The van der Waals surface area contributed by atoms with Crippen LogP contribution in [0.15, 0.2) is 41.4 Å². The summed E-state index contributed by atoms with van der Waals surface area (Å²) in [7, 11) is 0. The first kappa shape index (κ1) is 10.9. The van der Waals surface area contributed by atoms with Crippen molar-refractivity contribution < 1.29 is 4.52 Å². The molecule has 0 atom stereocenters. The molecule has 0 spiro atoms. The van der Waals surface area contributed by atoms with Crippen LogP contribution in [0.25, 0.3) is 11.5 Å². The Labute approximate surface area is 107 Å². The van der Waals surface area contributed by atoms with Gasteiger partial charge in [0.15, 0.2) is 5.82 Å². The first-order chi connectivity index (χ1) is 8.83. The highest BCUT2D eigenvalue weighted by Crippen LogP contribution is 2.25. The zero-order chi connectivity index (χ0) is 12.4. The predicted molar refractivity (Wildman–Crippen MR) is 63.9 cm³/mol. The second kappa shape index (κ2) is 4.58. The summed E-state index contributed by atoms with van der Waals surface area (Å²) in [6.45, 7) is 0.411. The minimum atomic E-state index is 0.399. The largest absolute Gasteiger partial charge is 0.334 e. The molecule has 0 aliphatic rings. The molecule has 0 bridgehead atoms. The van der Waals surface area contributed by atoms with Gasteiger partial charge >= 0.3 is 0 Å². The number of rotatable bonds is 3. The number of aromatic nitrogens is 5. The van der Waals surface area contributed by atoms with Gasteiger partial charge in [-0.05, 0) is 12.1 Å². The minimum Gasteiger partial charge on any atom is -0.334 e. The second-order valence-corrected chi connectivity index (χ2v) is 4.00. The molecule has 0 saturated heterocycles. The molecule has 3 aromatic rings.